The molecule has 0 unspecified atom stereocenters. The predicted molar refractivity (Wildman–Crippen MR) is 56.8 cm³/mol. The Morgan fingerprint density at radius 1 is 1.31 bits per heavy atom. The number of halogens is 1. The minimum atomic E-state index is 0.853. The van der Waals surface area contributed by atoms with E-state index >= 15 is 0 Å². The fourth-order valence-corrected chi connectivity index (χ4v) is 1.72. The van der Waals surface area contributed by atoms with E-state index in [1.807, 2.05) is 25.2 Å². The lowest BCUT2D eigenvalue weighted by Gasteiger charge is -2.03. The van der Waals surface area contributed by atoms with Crippen molar-refractivity contribution in [2.75, 3.05) is 12.4 Å². The van der Waals surface area contributed by atoms with E-state index in [1.54, 1.807) is 6.33 Å². The molecule has 0 aliphatic rings. The Morgan fingerprint density at radius 2 is 2.15 bits per heavy atom. The summed E-state index contributed by atoms with van der Waals surface area (Å²) < 4.78 is 0.990. The van der Waals surface area contributed by atoms with Crippen molar-refractivity contribution in [1.29, 1.82) is 0 Å². The average Bonchev–Trinajstić information content (AvgIpc) is 2.18. The first-order valence-electron chi connectivity index (χ1n) is 3.90. The molecule has 0 saturated carbocycles. The zero-order valence-electron chi connectivity index (χ0n) is 7.08. The molecule has 0 atom stereocenters. The number of aromatic nitrogens is 2. The van der Waals surface area contributed by atoms with Crippen LogP contribution >= 0.6 is 15.9 Å². The molecule has 0 aliphatic heterocycles. The lowest BCUT2D eigenvalue weighted by molar-refractivity contribution is 1.21. The Kier molecular flexibility index (Phi) is 2.14. The third-order valence-electron chi connectivity index (χ3n) is 1.85. The largest absolute Gasteiger partial charge is 0.373 e. The highest BCUT2D eigenvalue weighted by Crippen LogP contribution is 2.24. The van der Waals surface area contributed by atoms with Gasteiger partial charge < -0.3 is 5.32 Å². The number of rotatable bonds is 1. The number of nitrogens with one attached hydrogen (secondary N) is 1. The molecule has 1 aromatic heterocycles. The van der Waals surface area contributed by atoms with E-state index in [9.17, 15) is 0 Å². The van der Waals surface area contributed by atoms with Crippen LogP contribution in [0.2, 0.25) is 0 Å². The zero-order chi connectivity index (χ0) is 9.26. The monoisotopic (exact) mass is 237 g/mol. The van der Waals surface area contributed by atoms with Crippen LogP contribution < -0.4 is 5.32 Å². The van der Waals surface area contributed by atoms with Gasteiger partial charge in [0.2, 0.25) is 0 Å². The maximum atomic E-state index is 4.19. The van der Waals surface area contributed by atoms with E-state index in [2.05, 4.69) is 31.2 Å². The van der Waals surface area contributed by atoms with Gasteiger partial charge in [-0.15, -0.1) is 0 Å². The molecule has 0 saturated heterocycles. The molecular formula is C9H8BrN3. The van der Waals surface area contributed by atoms with Crippen LogP contribution in [0.1, 0.15) is 0 Å². The van der Waals surface area contributed by atoms with Crippen molar-refractivity contribution in [1.82, 2.24) is 9.97 Å². The van der Waals surface area contributed by atoms with Crippen LogP contribution in [0, 0.1) is 0 Å². The van der Waals surface area contributed by atoms with Gasteiger partial charge in [0, 0.05) is 16.9 Å². The van der Waals surface area contributed by atoms with Crippen molar-refractivity contribution in [2.45, 2.75) is 0 Å². The third kappa shape index (κ3) is 1.37. The Labute approximate surface area is 84.3 Å². The highest BCUT2D eigenvalue weighted by atomic mass is 79.9. The molecule has 1 N–H and O–H groups in total. The maximum absolute atomic E-state index is 4.19. The number of benzene rings is 1. The molecule has 1 aromatic carbocycles. The van der Waals surface area contributed by atoms with E-state index in [-0.39, 0.29) is 0 Å². The molecule has 13 heavy (non-hydrogen) atoms. The summed E-state index contributed by atoms with van der Waals surface area (Å²) in [4.78, 5) is 8.31. The average molecular weight is 238 g/mol. The van der Waals surface area contributed by atoms with Crippen LogP contribution in [-0.2, 0) is 0 Å². The molecule has 4 heteroatoms. The summed E-state index contributed by atoms with van der Waals surface area (Å²) in [5.41, 5.74) is 0.932. The van der Waals surface area contributed by atoms with Crippen molar-refractivity contribution < 1.29 is 0 Å². The van der Waals surface area contributed by atoms with Crippen LogP contribution in [-0.4, -0.2) is 17.0 Å². The number of fused-ring (bicyclic) bond motifs is 1. The van der Waals surface area contributed by atoms with Crippen LogP contribution in [0.5, 0.6) is 0 Å². The topological polar surface area (TPSA) is 37.8 Å². The van der Waals surface area contributed by atoms with E-state index in [1.165, 1.54) is 0 Å². The normalized spacial score (nSPS) is 10.3. The van der Waals surface area contributed by atoms with Crippen LogP contribution in [0.25, 0.3) is 10.9 Å². The number of nitrogens with zero attached hydrogens (tertiary/aromatic N) is 2. The number of para-hydroxylation sites is 1. The van der Waals surface area contributed by atoms with E-state index in [0.717, 1.165) is 21.2 Å². The fraction of sp³-hybridized carbons (Fsp3) is 0.111. The van der Waals surface area contributed by atoms with Gasteiger partial charge in [-0.3, -0.25) is 0 Å². The molecular weight excluding hydrogens is 230 g/mol. The van der Waals surface area contributed by atoms with Gasteiger partial charge in [0.1, 0.15) is 12.1 Å². The van der Waals surface area contributed by atoms with Crippen LogP contribution in [0.3, 0.4) is 0 Å². The Hall–Kier alpha value is -1.16. The van der Waals surface area contributed by atoms with E-state index < -0.39 is 0 Å². The number of hydrogen-bond donors (Lipinski definition) is 1. The second kappa shape index (κ2) is 3.30. The highest BCUT2D eigenvalue weighted by Gasteiger charge is 2.03. The minimum Gasteiger partial charge on any atom is -0.373 e. The highest BCUT2D eigenvalue weighted by molar-refractivity contribution is 9.10. The zero-order valence-corrected chi connectivity index (χ0v) is 8.67. The summed E-state index contributed by atoms with van der Waals surface area (Å²) in [6, 6.07) is 5.93. The predicted octanol–water partition coefficient (Wildman–Crippen LogP) is 2.43. The first-order chi connectivity index (χ1) is 6.33. The molecule has 0 bridgehead atoms. The smallest absolute Gasteiger partial charge is 0.137 e. The fourth-order valence-electron chi connectivity index (χ4n) is 1.25. The van der Waals surface area contributed by atoms with Crippen LogP contribution in [0.4, 0.5) is 5.82 Å². The van der Waals surface area contributed by atoms with Crippen molar-refractivity contribution in [2.24, 2.45) is 0 Å². The summed E-state index contributed by atoms with van der Waals surface area (Å²) >= 11 is 3.44. The Balaban J connectivity index is 2.84. The van der Waals surface area contributed by atoms with Gasteiger partial charge >= 0.3 is 0 Å². The molecule has 3 nitrogen and oxygen atoms in total. The molecule has 66 valence electrons. The second-order valence-electron chi connectivity index (χ2n) is 2.61. The van der Waals surface area contributed by atoms with Gasteiger partial charge in [-0.25, -0.2) is 9.97 Å². The Morgan fingerprint density at radius 3 is 2.92 bits per heavy atom. The van der Waals surface area contributed by atoms with Gasteiger partial charge in [0.15, 0.2) is 0 Å². The summed E-state index contributed by atoms with van der Waals surface area (Å²) in [5.74, 6) is 0.853. The molecule has 0 amide bonds. The van der Waals surface area contributed by atoms with E-state index in [0.29, 0.717) is 0 Å². The van der Waals surface area contributed by atoms with Gasteiger partial charge in [-0.05, 0) is 28.1 Å². The lowest BCUT2D eigenvalue weighted by atomic mass is 10.2. The van der Waals surface area contributed by atoms with Crippen molar-refractivity contribution >= 4 is 32.7 Å². The standard InChI is InChI=1S/C9H8BrN3/c1-11-9-6-3-2-4-7(10)8(6)12-5-13-9/h2-5H,1H3,(H,11,12,13). The van der Waals surface area contributed by atoms with Gasteiger partial charge in [0.05, 0.1) is 5.52 Å². The Bertz CT molecular complexity index is 442. The maximum Gasteiger partial charge on any atom is 0.137 e. The molecule has 2 rings (SSSR count). The lowest BCUT2D eigenvalue weighted by Crippen LogP contribution is -1.94. The molecule has 2 aromatic rings. The summed E-state index contributed by atoms with van der Waals surface area (Å²) in [5, 5.41) is 4.05. The van der Waals surface area contributed by atoms with Crippen molar-refractivity contribution in [3.63, 3.8) is 0 Å². The summed E-state index contributed by atoms with van der Waals surface area (Å²) in [6.07, 6.45) is 1.55. The van der Waals surface area contributed by atoms with Gasteiger partial charge in [-0.1, -0.05) is 6.07 Å². The van der Waals surface area contributed by atoms with Gasteiger partial charge in [-0.2, -0.15) is 0 Å². The quantitative estimate of drug-likeness (QED) is 0.829. The first kappa shape index (κ1) is 8.44. The van der Waals surface area contributed by atoms with Crippen molar-refractivity contribution in [3.8, 4) is 0 Å². The molecule has 1 heterocycles. The number of anilines is 1. The molecule has 0 fully saturated rings. The minimum absolute atomic E-state index is 0.853. The molecule has 0 aliphatic carbocycles. The summed E-state index contributed by atoms with van der Waals surface area (Å²) in [7, 11) is 1.85. The molecule has 0 radical (unpaired) electrons. The van der Waals surface area contributed by atoms with Crippen LogP contribution in [0.15, 0.2) is 29.0 Å². The SMILES string of the molecule is CNc1ncnc2c(Br)cccc12. The number of hydrogen-bond acceptors (Lipinski definition) is 3. The van der Waals surface area contributed by atoms with Gasteiger partial charge in [0.25, 0.3) is 0 Å². The molecule has 0 spiro atoms. The van der Waals surface area contributed by atoms with E-state index in [4.69, 9.17) is 0 Å². The third-order valence-corrected chi connectivity index (χ3v) is 2.49. The summed E-state index contributed by atoms with van der Waals surface area (Å²) in [6.45, 7) is 0. The second-order valence-corrected chi connectivity index (χ2v) is 3.46. The first-order valence-corrected chi connectivity index (χ1v) is 4.69. The van der Waals surface area contributed by atoms with Crippen molar-refractivity contribution in [3.05, 3.63) is 29.0 Å².